The van der Waals surface area contributed by atoms with Crippen LogP contribution in [0.2, 0.25) is 0 Å². The summed E-state index contributed by atoms with van der Waals surface area (Å²) in [7, 11) is 1.41. The average Bonchev–Trinajstić information content (AvgIpc) is 2.36. The molecule has 1 rings (SSSR count). The fourth-order valence-corrected chi connectivity index (χ4v) is 1.94. The van der Waals surface area contributed by atoms with Gasteiger partial charge in [0, 0.05) is 19.9 Å². The molecule has 0 bridgehead atoms. The quantitative estimate of drug-likeness (QED) is 0.552. The lowest BCUT2D eigenvalue weighted by Gasteiger charge is -2.23. The van der Waals surface area contributed by atoms with Gasteiger partial charge in [-0.05, 0) is 12.8 Å². The van der Waals surface area contributed by atoms with E-state index >= 15 is 0 Å². The van der Waals surface area contributed by atoms with Crippen molar-refractivity contribution >= 4 is 18.2 Å². The lowest BCUT2D eigenvalue weighted by molar-refractivity contribution is -0.197. The number of nitrogens with zero attached hydrogens (tertiary/aromatic N) is 1. The highest BCUT2D eigenvalue weighted by molar-refractivity contribution is 5.80. The monoisotopic (exact) mass is 241 g/mol. The fraction of sp³-hybridized carbons (Fsp3) is 0.750. The van der Waals surface area contributed by atoms with Crippen molar-refractivity contribution in [1.29, 1.82) is 0 Å². The Bertz CT molecular complexity index is 284. The molecule has 0 unspecified atom stereocenters. The Balaban J connectivity index is 2.33. The number of hydrogen-bond donors (Lipinski definition) is 0. The van der Waals surface area contributed by atoms with E-state index in [0.29, 0.717) is 6.29 Å². The largest absolute Gasteiger partial charge is 0.338 e. The molecule has 0 aliphatic heterocycles. The third kappa shape index (κ3) is 4.54. The van der Waals surface area contributed by atoms with Gasteiger partial charge in [0.15, 0.2) is 0 Å². The molecule has 1 fully saturated rings. The molecule has 0 spiro atoms. The molecule has 17 heavy (non-hydrogen) atoms. The third-order valence-electron chi connectivity index (χ3n) is 2.99. The molecule has 0 N–H and O–H groups in total. The molecule has 0 saturated heterocycles. The molecule has 1 amide bonds. The predicted octanol–water partition coefficient (Wildman–Crippen LogP) is 1.46. The average molecular weight is 241 g/mol. The molecule has 96 valence electrons. The summed E-state index contributed by atoms with van der Waals surface area (Å²) >= 11 is 0. The van der Waals surface area contributed by atoms with Crippen LogP contribution in [-0.2, 0) is 19.2 Å². The molecule has 5 nitrogen and oxygen atoms in total. The molecule has 0 aromatic heterocycles. The van der Waals surface area contributed by atoms with Crippen molar-refractivity contribution in [2.75, 3.05) is 7.05 Å². The Hall–Kier alpha value is -1.39. The van der Waals surface area contributed by atoms with E-state index in [4.69, 9.17) is 4.84 Å². The maximum absolute atomic E-state index is 11.7. The maximum atomic E-state index is 11.7. The second kappa shape index (κ2) is 7.04. The van der Waals surface area contributed by atoms with Gasteiger partial charge in [0.25, 0.3) is 5.91 Å². The normalized spacial score (nSPS) is 16.3. The van der Waals surface area contributed by atoms with Gasteiger partial charge in [-0.25, -0.2) is 4.79 Å². The van der Waals surface area contributed by atoms with Crippen LogP contribution in [0.4, 0.5) is 0 Å². The van der Waals surface area contributed by atoms with E-state index in [1.165, 1.54) is 7.05 Å². The minimum atomic E-state index is -0.346. The molecule has 0 atom stereocenters. The summed E-state index contributed by atoms with van der Waals surface area (Å²) in [6, 6.07) is 0. The van der Waals surface area contributed by atoms with Gasteiger partial charge in [0.1, 0.15) is 6.29 Å². The number of hydroxylamine groups is 2. The second-order valence-corrected chi connectivity index (χ2v) is 4.34. The minimum Gasteiger partial charge on any atom is -0.338 e. The lowest BCUT2D eigenvalue weighted by atomic mass is 9.89. The first-order valence-electron chi connectivity index (χ1n) is 6.07. The van der Waals surface area contributed by atoms with Crippen molar-refractivity contribution in [1.82, 2.24) is 5.06 Å². The third-order valence-corrected chi connectivity index (χ3v) is 2.99. The van der Waals surface area contributed by atoms with Crippen LogP contribution in [0.1, 0.15) is 44.9 Å². The molecule has 0 aromatic carbocycles. The van der Waals surface area contributed by atoms with Crippen molar-refractivity contribution in [3.05, 3.63) is 0 Å². The summed E-state index contributed by atoms with van der Waals surface area (Å²) in [4.78, 5) is 38.2. The zero-order valence-corrected chi connectivity index (χ0v) is 10.2. The molecule has 0 radical (unpaired) electrons. The van der Waals surface area contributed by atoms with Crippen molar-refractivity contribution in [2.24, 2.45) is 5.92 Å². The van der Waals surface area contributed by atoms with Gasteiger partial charge in [-0.1, -0.05) is 19.3 Å². The topological polar surface area (TPSA) is 63.7 Å². The Morgan fingerprint density at radius 3 is 2.53 bits per heavy atom. The molecule has 1 aliphatic rings. The van der Waals surface area contributed by atoms with Crippen molar-refractivity contribution < 1.29 is 19.2 Å². The SMILES string of the molecule is CN(OC(=O)C1CCCCC1)C(=O)CCC=O. The molecular weight excluding hydrogens is 222 g/mol. The smallest absolute Gasteiger partial charge is 0.335 e. The van der Waals surface area contributed by atoms with E-state index in [-0.39, 0.29) is 30.6 Å². The van der Waals surface area contributed by atoms with Crippen LogP contribution in [0.5, 0.6) is 0 Å². The zero-order valence-electron chi connectivity index (χ0n) is 10.2. The molecule has 0 heterocycles. The van der Waals surface area contributed by atoms with Crippen LogP contribution >= 0.6 is 0 Å². The van der Waals surface area contributed by atoms with E-state index in [0.717, 1.165) is 37.2 Å². The first-order valence-corrected chi connectivity index (χ1v) is 6.07. The highest BCUT2D eigenvalue weighted by atomic mass is 16.7. The minimum absolute atomic E-state index is 0.0786. The summed E-state index contributed by atoms with van der Waals surface area (Å²) in [5, 5.41) is 0.945. The Kier molecular flexibility index (Phi) is 5.66. The van der Waals surface area contributed by atoms with Crippen molar-refractivity contribution in [3.63, 3.8) is 0 Å². The van der Waals surface area contributed by atoms with Crippen LogP contribution < -0.4 is 0 Å². The zero-order chi connectivity index (χ0) is 12.7. The van der Waals surface area contributed by atoms with Gasteiger partial charge in [0.2, 0.25) is 0 Å². The first kappa shape index (κ1) is 13.7. The van der Waals surface area contributed by atoms with Crippen molar-refractivity contribution in [3.8, 4) is 0 Å². The molecule has 1 saturated carbocycles. The van der Waals surface area contributed by atoms with Crippen LogP contribution in [0, 0.1) is 5.92 Å². The summed E-state index contributed by atoms with van der Waals surface area (Å²) in [6.07, 6.45) is 5.85. The van der Waals surface area contributed by atoms with Crippen molar-refractivity contribution in [2.45, 2.75) is 44.9 Å². The maximum Gasteiger partial charge on any atom is 0.335 e. The second-order valence-electron chi connectivity index (χ2n) is 4.34. The highest BCUT2D eigenvalue weighted by Crippen LogP contribution is 2.24. The number of carbonyl (C=O) groups excluding carboxylic acids is 3. The number of aldehydes is 1. The summed E-state index contributed by atoms with van der Waals surface area (Å²) in [5.41, 5.74) is 0. The molecule has 1 aliphatic carbocycles. The van der Waals surface area contributed by atoms with Crippen LogP contribution in [0.15, 0.2) is 0 Å². The van der Waals surface area contributed by atoms with Gasteiger partial charge < -0.3 is 9.63 Å². The van der Waals surface area contributed by atoms with Gasteiger partial charge in [-0.2, -0.15) is 5.06 Å². The predicted molar refractivity (Wildman–Crippen MR) is 60.7 cm³/mol. The molecule has 5 heteroatoms. The van der Waals surface area contributed by atoms with E-state index in [9.17, 15) is 14.4 Å². The number of rotatable bonds is 4. The number of amides is 1. The summed E-state index contributed by atoms with van der Waals surface area (Å²) in [5.74, 6) is -0.752. The summed E-state index contributed by atoms with van der Waals surface area (Å²) < 4.78 is 0. The highest BCUT2D eigenvalue weighted by Gasteiger charge is 2.25. The van der Waals surface area contributed by atoms with E-state index in [1.54, 1.807) is 0 Å². The van der Waals surface area contributed by atoms with Crippen LogP contribution in [0.25, 0.3) is 0 Å². The lowest BCUT2D eigenvalue weighted by Crippen LogP contribution is -2.33. The molecular formula is C12H19NO4. The van der Waals surface area contributed by atoms with E-state index in [2.05, 4.69) is 0 Å². The van der Waals surface area contributed by atoms with E-state index < -0.39 is 0 Å². The van der Waals surface area contributed by atoms with E-state index in [1.807, 2.05) is 0 Å². The van der Waals surface area contributed by atoms with Gasteiger partial charge in [-0.15, -0.1) is 0 Å². The summed E-state index contributed by atoms with van der Waals surface area (Å²) in [6.45, 7) is 0. The van der Waals surface area contributed by atoms with Gasteiger partial charge >= 0.3 is 5.97 Å². The van der Waals surface area contributed by atoms with Crippen LogP contribution in [-0.4, -0.2) is 30.3 Å². The van der Waals surface area contributed by atoms with Crippen LogP contribution in [0.3, 0.4) is 0 Å². The Labute approximate surface area is 101 Å². The number of carbonyl (C=O) groups is 3. The Morgan fingerprint density at radius 1 is 1.29 bits per heavy atom. The molecule has 0 aromatic rings. The standard InChI is InChI=1S/C12H19NO4/c1-13(11(15)8-5-9-14)17-12(16)10-6-3-2-4-7-10/h9-10H,2-8H2,1H3. The van der Waals surface area contributed by atoms with Gasteiger partial charge in [-0.3, -0.25) is 4.79 Å². The Morgan fingerprint density at radius 2 is 1.94 bits per heavy atom. The van der Waals surface area contributed by atoms with Gasteiger partial charge in [0.05, 0.1) is 5.92 Å². The fourth-order valence-electron chi connectivity index (χ4n) is 1.94. The number of hydrogen-bond acceptors (Lipinski definition) is 4. The first-order chi connectivity index (χ1) is 8.15.